The second kappa shape index (κ2) is 36.9. The van der Waals surface area contributed by atoms with Crippen LogP contribution in [0.4, 0.5) is 0 Å². The molecule has 0 fully saturated rings. The smallest absolute Gasteiger partial charge is 0.245 e. The molecule has 0 spiro atoms. The number of nitrogens with one attached hydrogen (secondary N) is 3. The van der Waals surface area contributed by atoms with Crippen LogP contribution in [0.5, 0.6) is 0 Å². The molecule has 0 bridgehead atoms. The number of hydrogen-bond donors (Lipinski definition) is 4. The van der Waals surface area contributed by atoms with Gasteiger partial charge in [-0.25, -0.2) is 0 Å². The van der Waals surface area contributed by atoms with Gasteiger partial charge in [0.2, 0.25) is 59.1 Å². The van der Waals surface area contributed by atoms with Crippen molar-refractivity contribution < 1.29 is 62.3 Å². The highest BCUT2D eigenvalue weighted by molar-refractivity contribution is 5.97. The lowest BCUT2D eigenvalue weighted by atomic mass is 9.96. The molecule has 24 heteroatoms. The molecule has 0 aliphatic rings. The molecule has 5 N–H and O–H groups in total. The van der Waals surface area contributed by atoms with Crippen molar-refractivity contribution in [1.29, 1.82) is 0 Å². The predicted octanol–water partition coefficient (Wildman–Crippen LogP) is 1.08. The van der Waals surface area contributed by atoms with Crippen LogP contribution < -0.4 is 21.7 Å². The molecule has 8 unspecified atom stereocenters. The van der Waals surface area contributed by atoms with E-state index in [1.54, 1.807) is 19.9 Å². The zero-order valence-electron chi connectivity index (χ0n) is 52.2. The Morgan fingerprint density at radius 2 is 1.06 bits per heavy atom. The van der Waals surface area contributed by atoms with Crippen molar-refractivity contribution in [3.05, 3.63) is 12.2 Å². The van der Waals surface area contributed by atoms with Crippen LogP contribution >= 0.6 is 0 Å². The van der Waals surface area contributed by atoms with Gasteiger partial charge < -0.3 is 65.5 Å². The molecular weight excluding hydrogens is 1050 g/mol. The Bertz CT molecular complexity index is 2150. The molecule has 0 aromatic carbocycles. The summed E-state index contributed by atoms with van der Waals surface area (Å²) in [4.78, 5) is 168. The van der Waals surface area contributed by atoms with Gasteiger partial charge in [-0.1, -0.05) is 74.5 Å². The zero-order chi connectivity index (χ0) is 62.8. The van der Waals surface area contributed by atoms with Gasteiger partial charge in [-0.2, -0.15) is 0 Å². The van der Waals surface area contributed by atoms with E-state index in [4.69, 9.17) is 10.5 Å². The Balaban J connectivity index is 6.54. The number of carbonyl (C=O) groups excluding carboxylic acids is 12. The average molecular weight is 1150 g/mol. The average Bonchev–Trinajstić information content (AvgIpc) is 3.38. The highest BCUT2D eigenvalue weighted by atomic mass is 16.5. The minimum Gasteiger partial charge on any atom is -0.370 e. The predicted molar refractivity (Wildman–Crippen MR) is 308 cm³/mol. The van der Waals surface area contributed by atoms with Crippen LogP contribution in [-0.4, -0.2) is 236 Å². The Hall–Kier alpha value is -6.30. The minimum absolute atomic E-state index is 0.0429. The summed E-state index contributed by atoms with van der Waals surface area (Å²) in [6.07, 6.45) is 6.13. The molecule has 0 aromatic heterocycles. The molecule has 8 atom stereocenters. The first-order valence-electron chi connectivity index (χ1n) is 28.1. The van der Waals surface area contributed by atoms with Gasteiger partial charge in [-0.15, -0.1) is 0 Å². The summed E-state index contributed by atoms with van der Waals surface area (Å²) < 4.78 is 5.31. The number of allylic oxidation sites excluding steroid dienone is 1. The molecule has 0 aliphatic carbocycles. The maximum atomic E-state index is 14.7. The molecule has 10 amide bonds. The van der Waals surface area contributed by atoms with Gasteiger partial charge in [0.05, 0.1) is 44.9 Å². The van der Waals surface area contributed by atoms with Crippen molar-refractivity contribution in [1.82, 2.24) is 50.2 Å². The van der Waals surface area contributed by atoms with Crippen molar-refractivity contribution in [2.45, 2.75) is 164 Å². The van der Waals surface area contributed by atoms with Gasteiger partial charge in [0.1, 0.15) is 43.1 Å². The monoisotopic (exact) mass is 1150 g/mol. The van der Waals surface area contributed by atoms with Crippen LogP contribution in [0.25, 0.3) is 0 Å². The second-order valence-corrected chi connectivity index (χ2v) is 23.3. The standard InChI is InChI=1S/C57H101N11O13/c1-35(2)23-24-44(67(18)56(79)46(27-37(5)6)68(19)54(77)42(12)61-52(75)41(11)60-47(71)30-63(14)57(80)51(58)38(7)8)55(78)64(15)32-50(74)66(17)45(28-39(9)22-20-21-25-81-34-40(10)70)53(76)59-29-48(72)62(13)31-49(73)65(16)43(33-69)26-36(3)4/h20-21,33,35-39,41-46,51H,22-32,34,58H2,1-19H3,(H,59,76)(H,60,71)(H,61,75). The lowest BCUT2D eigenvalue weighted by Crippen LogP contribution is -2.59. The molecule has 0 aliphatic heterocycles. The van der Waals surface area contributed by atoms with Crippen LogP contribution in [0.3, 0.4) is 0 Å². The van der Waals surface area contributed by atoms with Crippen LogP contribution in [0, 0.1) is 29.6 Å². The Kier molecular flexibility index (Phi) is 34.1. The van der Waals surface area contributed by atoms with E-state index in [1.807, 2.05) is 54.5 Å². The molecule has 462 valence electrons. The molecule has 0 rings (SSSR count). The van der Waals surface area contributed by atoms with Crippen molar-refractivity contribution >= 4 is 71.1 Å². The van der Waals surface area contributed by atoms with Gasteiger partial charge >= 0.3 is 0 Å². The second-order valence-electron chi connectivity index (χ2n) is 23.3. The number of rotatable bonds is 37. The van der Waals surface area contributed by atoms with Crippen molar-refractivity contribution in [3.63, 3.8) is 0 Å². The molecule has 81 heavy (non-hydrogen) atoms. The first kappa shape index (κ1) is 74.7. The molecule has 0 aromatic rings. The van der Waals surface area contributed by atoms with E-state index in [1.165, 1.54) is 99.5 Å². The zero-order valence-corrected chi connectivity index (χ0v) is 52.2. The van der Waals surface area contributed by atoms with Gasteiger partial charge in [-0.3, -0.25) is 52.7 Å². The maximum absolute atomic E-state index is 14.7. The number of hydrogen-bond acceptors (Lipinski definition) is 14. The normalized spacial score (nSPS) is 14.4. The van der Waals surface area contributed by atoms with Gasteiger partial charge in [0.25, 0.3) is 0 Å². The quantitative estimate of drug-likeness (QED) is 0.0385. The van der Waals surface area contributed by atoms with Gasteiger partial charge in [0, 0.05) is 49.3 Å². The number of nitrogens with two attached hydrogens (primary N) is 1. The van der Waals surface area contributed by atoms with E-state index in [0.29, 0.717) is 25.5 Å². The van der Waals surface area contributed by atoms with Crippen molar-refractivity contribution in [2.24, 2.45) is 35.3 Å². The van der Waals surface area contributed by atoms with Gasteiger partial charge in [-0.05, 0) is 88.9 Å². The highest BCUT2D eigenvalue weighted by Gasteiger charge is 2.39. The Morgan fingerprint density at radius 1 is 0.519 bits per heavy atom. The first-order valence-corrected chi connectivity index (χ1v) is 28.1. The lowest BCUT2D eigenvalue weighted by Gasteiger charge is -2.37. The maximum Gasteiger partial charge on any atom is 0.245 e. The molecule has 24 nitrogen and oxygen atoms in total. The third-order valence-electron chi connectivity index (χ3n) is 13.9. The number of carbonyl (C=O) groups is 12. The summed E-state index contributed by atoms with van der Waals surface area (Å²) in [5.74, 6) is -6.29. The fourth-order valence-corrected chi connectivity index (χ4v) is 8.48. The number of ketones is 1. The van der Waals surface area contributed by atoms with E-state index >= 15 is 0 Å². The number of ether oxygens (including phenoxy) is 1. The number of Topliss-reactive ketones (excluding diaryl/α,β-unsaturated/α-hetero) is 1. The fraction of sp³-hybridized carbons (Fsp3) is 0.754. The van der Waals surface area contributed by atoms with Crippen LogP contribution in [0.1, 0.15) is 122 Å². The van der Waals surface area contributed by atoms with Crippen molar-refractivity contribution in [3.8, 4) is 0 Å². The van der Waals surface area contributed by atoms with E-state index < -0.39 is 114 Å². The van der Waals surface area contributed by atoms with Gasteiger partial charge in [0.15, 0.2) is 5.78 Å². The molecule has 0 saturated heterocycles. The first-order chi connectivity index (χ1) is 37.5. The van der Waals surface area contributed by atoms with E-state index in [9.17, 15) is 57.5 Å². The van der Waals surface area contributed by atoms with E-state index in [0.717, 1.165) is 4.90 Å². The minimum atomic E-state index is -1.17. The topological polar surface area (TPSA) is 299 Å². The number of likely N-dealkylation sites (N-methyl/N-ethyl adjacent to an activating group) is 7. The third-order valence-corrected chi connectivity index (χ3v) is 13.9. The molecular formula is C57H101N11O13. The summed E-state index contributed by atoms with van der Waals surface area (Å²) in [5, 5.41) is 7.74. The number of amides is 10. The highest BCUT2D eigenvalue weighted by Crippen LogP contribution is 2.21. The molecule has 0 heterocycles. The van der Waals surface area contributed by atoms with Crippen LogP contribution in [-0.2, 0) is 62.3 Å². The Labute approximate surface area is 482 Å². The summed E-state index contributed by atoms with van der Waals surface area (Å²) in [6, 6.07) is -7.11. The van der Waals surface area contributed by atoms with Crippen LogP contribution in [0.15, 0.2) is 12.2 Å². The fourth-order valence-electron chi connectivity index (χ4n) is 8.48. The Morgan fingerprint density at radius 3 is 1.59 bits per heavy atom. The van der Waals surface area contributed by atoms with E-state index in [-0.39, 0.29) is 80.9 Å². The van der Waals surface area contributed by atoms with E-state index in [2.05, 4.69) is 16.0 Å². The summed E-state index contributed by atoms with van der Waals surface area (Å²) in [7, 11) is 10.0. The number of nitrogens with zero attached hydrogens (tertiary/aromatic N) is 7. The summed E-state index contributed by atoms with van der Waals surface area (Å²) in [6.45, 7) is 19.6. The van der Waals surface area contributed by atoms with Crippen LogP contribution in [0.2, 0.25) is 0 Å². The van der Waals surface area contributed by atoms with Crippen molar-refractivity contribution in [2.75, 3.05) is 88.7 Å². The lowest BCUT2D eigenvalue weighted by molar-refractivity contribution is -0.152. The summed E-state index contributed by atoms with van der Waals surface area (Å²) in [5.41, 5.74) is 5.94. The third kappa shape index (κ3) is 26.9. The SMILES string of the molecule is CC(=O)COCC=CCC(C)CC(C(=O)NCC(=O)N(C)CC(=O)N(C)C(C=O)CC(C)C)N(C)C(=O)CN(C)C(=O)C(CCC(C)C)N(C)C(=O)C(CC(C)C)N(C)C(=O)C(C)NC(=O)C(C)NC(=O)CN(C)C(=O)C(N)C(C)C. The number of aldehydes is 1. The largest absolute Gasteiger partial charge is 0.370 e. The summed E-state index contributed by atoms with van der Waals surface area (Å²) >= 11 is 0. The molecule has 0 saturated carbocycles. The molecule has 0 radical (unpaired) electrons.